The second-order valence-electron chi connectivity index (χ2n) is 6.36. The Morgan fingerprint density at radius 3 is 2.75 bits per heavy atom. The number of rotatable bonds is 5. The summed E-state index contributed by atoms with van der Waals surface area (Å²) in [7, 11) is 1.59. The van der Waals surface area contributed by atoms with E-state index in [4.69, 9.17) is 0 Å². The van der Waals surface area contributed by atoms with Gasteiger partial charge in [-0.25, -0.2) is 8.78 Å². The van der Waals surface area contributed by atoms with Crippen molar-refractivity contribution >= 4 is 23.2 Å². The van der Waals surface area contributed by atoms with Gasteiger partial charge in [0.2, 0.25) is 5.91 Å². The molecule has 7 nitrogen and oxygen atoms in total. The number of carbonyl (C=O) groups excluding carboxylic acids is 1. The molecule has 148 valence electrons. The minimum atomic E-state index is -0.574. The van der Waals surface area contributed by atoms with E-state index < -0.39 is 11.6 Å². The van der Waals surface area contributed by atoms with Crippen LogP contribution in [0.2, 0.25) is 0 Å². The number of guanidine groups is 1. The van der Waals surface area contributed by atoms with E-state index >= 15 is 0 Å². The lowest BCUT2D eigenvalue weighted by atomic mass is 10.2. The molecule has 0 spiro atoms. The number of carbonyl (C=O) groups is 1. The third-order valence-electron chi connectivity index (χ3n) is 4.37. The van der Waals surface area contributed by atoms with Crippen LogP contribution in [0, 0.1) is 11.6 Å². The number of para-hydroxylation sites is 1. The van der Waals surface area contributed by atoms with E-state index in [2.05, 4.69) is 25.9 Å². The number of hydrogen-bond acceptors (Lipinski definition) is 4. The highest BCUT2D eigenvalue weighted by Crippen LogP contribution is 2.26. The van der Waals surface area contributed by atoms with Crippen molar-refractivity contribution in [1.82, 2.24) is 15.6 Å². The summed E-state index contributed by atoms with van der Waals surface area (Å²) in [6, 6.07) is 7.27. The van der Waals surface area contributed by atoms with E-state index in [9.17, 15) is 13.6 Å². The van der Waals surface area contributed by atoms with Crippen LogP contribution in [-0.2, 0) is 4.79 Å². The van der Waals surface area contributed by atoms with Crippen molar-refractivity contribution in [3.05, 3.63) is 54.4 Å². The maximum atomic E-state index is 14.0. The fourth-order valence-corrected chi connectivity index (χ4v) is 3.07. The summed E-state index contributed by atoms with van der Waals surface area (Å²) in [5, 5.41) is 8.83. The normalized spacial score (nSPS) is 16.8. The number of aliphatic imine (C=N–C) groups is 1. The van der Waals surface area contributed by atoms with Crippen LogP contribution in [0.4, 0.5) is 20.2 Å². The van der Waals surface area contributed by atoms with Gasteiger partial charge >= 0.3 is 0 Å². The van der Waals surface area contributed by atoms with Gasteiger partial charge in [0, 0.05) is 32.4 Å². The number of anilines is 2. The Bertz CT molecular complexity index is 825. The average molecular weight is 388 g/mol. The number of halogens is 2. The summed E-state index contributed by atoms with van der Waals surface area (Å²) in [4.78, 5) is 21.7. The number of hydrogen-bond donors (Lipinski definition) is 3. The quantitative estimate of drug-likeness (QED) is 0.537. The summed E-state index contributed by atoms with van der Waals surface area (Å²) in [6.07, 6.45) is 3.87. The molecule has 3 rings (SSSR count). The van der Waals surface area contributed by atoms with E-state index in [0.717, 1.165) is 0 Å². The number of benzene rings is 1. The van der Waals surface area contributed by atoms with Gasteiger partial charge in [0.25, 0.3) is 0 Å². The third-order valence-corrected chi connectivity index (χ3v) is 4.37. The predicted octanol–water partition coefficient (Wildman–Crippen LogP) is 1.74. The van der Waals surface area contributed by atoms with Gasteiger partial charge in [0.05, 0.1) is 18.4 Å². The van der Waals surface area contributed by atoms with Crippen molar-refractivity contribution < 1.29 is 13.6 Å². The maximum absolute atomic E-state index is 14.0. The van der Waals surface area contributed by atoms with Crippen molar-refractivity contribution in [2.24, 2.45) is 4.99 Å². The van der Waals surface area contributed by atoms with Crippen molar-refractivity contribution in [3.63, 3.8) is 0 Å². The highest BCUT2D eigenvalue weighted by Gasteiger charge is 2.27. The standard InChI is InChI=1S/C19H22F2N6O/c1-22-19(24-11-17(28)25-13-4-3-8-23-10-13)26-14-7-9-27(12-14)18-15(20)5-2-6-16(18)21/h2-6,8,10,14H,7,9,11-12H2,1H3,(H,25,28)(H2,22,24,26). The fourth-order valence-electron chi connectivity index (χ4n) is 3.07. The Kier molecular flexibility index (Phi) is 6.36. The molecule has 1 saturated heterocycles. The number of nitrogens with one attached hydrogen (secondary N) is 3. The summed E-state index contributed by atoms with van der Waals surface area (Å²) in [5.74, 6) is -0.940. The van der Waals surface area contributed by atoms with Crippen molar-refractivity contribution in [3.8, 4) is 0 Å². The molecule has 1 fully saturated rings. The lowest BCUT2D eigenvalue weighted by molar-refractivity contribution is -0.115. The molecule has 0 bridgehead atoms. The van der Waals surface area contributed by atoms with Crippen LogP contribution in [0.25, 0.3) is 0 Å². The summed E-state index contributed by atoms with van der Waals surface area (Å²) in [6.45, 7) is 0.974. The van der Waals surface area contributed by atoms with Crippen LogP contribution in [0.1, 0.15) is 6.42 Å². The Morgan fingerprint density at radius 2 is 2.07 bits per heavy atom. The Balaban J connectivity index is 1.49. The van der Waals surface area contributed by atoms with E-state index in [1.807, 2.05) is 0 Å². The van der Waals surface area contributed by atoms with Crippen molar-refractivity contribution in [2.75, 3.05) is 36.9 Å². The molecule has 0 radical (unpaired) electrons. The van der Waals surface area contributed by atoms with Gasteiger partial charge in [0.1, 0.15) is 17.3 Å². The van der Waals surface area contributed by atoms with Crippen LogP contribution in [0.3, 0.4) is 0 Å². The van der Waals surface area contributed by atoms with E-state index in [1.165, 1.54) is 18.2 Å². The first kappa shape index (κ1) is 19.5. The summed E-state index contributed by atoms with van der Waals surface area (Å²) < 4.78 is 27.9. The molecule has 1 aliphatic rings. The maximum Gasteiger partial charge on any atom is 0.243 e. The molecule has 1 amide bonds. The van der Waals surface area contributed by atoms with Crippen LogP contribution < -0.4 is 20.9 Å². The molecule has 3 N–H and O–H groups in total. The zero-order chi connectivity index (χ0) is 19.9. The summed E-state index contributed by atoms with van der Waals surface area (Å²) in [5.41, 5.74) is 0.598. The minimum absolute atomic E-state index is 0.00871. The van der Waals surface area contributed by atoms with Gasteiger partial charge in [-0.05, 0) is 30.7 Å². The molecule has 28 heavy (non-hydrogen) atoms. The van der Waals surface area contributed by atoms with Gasteiger partial charge < -0.3 is 20.9 Å². The minimum Gasteiger partial charge on any atom is -0.365 e. The molecule has 0 saturated carbocycles. The number of nitrogens with zero attached hydrogens (tertiary/aromatic N) is 3. The topological polar surface area (TPSA) is 81.6 Å². The largest absolute Gasteiger partial charge is 0.365 e. The van der Waals surface area contributed by atoms with E-state index in [1.54, 1.807) is 36.5 Å². The second-order valence-corrected chi connectivity index (χ2v) is 6.36. The molecular formula is C19H22F2N6O. The van der Waals surface area contributed by atoms with Crippen molar-refractivity contribution in [1.29, 1.82) is 0 Å². The first-order valence-corrected chi connectivity index (χ1v) is 8.93. The highest BCUT2D eigenvalue weighted by molar-refractivity contribution is 5.94. The number of pyridine rings is 1. The lowest BCUT2D eigenvalue weighted by Gasteiger charge is -2.21. The monoisotopic (exact) mass is 388 g/mol. The highest BCUT2D eigenvalue weighted by atomic mass is 19.1. The fraction of sp³-hybridized carbons (Fsp3) is 0.316. The van der Waals surface area contributed by atoms with Gasteiger partial charge in [-0.15, -0.1) is 0 Å². The number of amides is 1. The smallest absolute Gasteiger partial charge is 0.243 e. The van der Waals surface area contributed by atoms with Crippen LogP contribution >= 0.6 is 0 Å². The molecule has 1 aromatic heterocycles. The van der Waals surface area contributed by atoms with Gasteiger partial charge in [-0.2, -0.15) is 0 Å². The Hall–Kier alpha value is -3.23. The Labute approximate surface area is 161 Å². The average Bonchev–Trinajstić information content (AvgIpc) is 3.14. The second kappa shape index (κ2) is 9.12. The molecule has 9 heteroatoms. The lowest BCUT2D eigenvalue weighted by Crippen LogP contribution is -2.46. The zero-order valence-electron chi connectivity index (χ0n) is 15.5. The SMILES string of the molecule is CN=C(NCC(=O)Nc1cccnc1)NC1CCN(c2c(F)cccc2F)C1. The van der Waals surface area contributed by atoms with Crippen molar-refractivity contribution in [2.45, 2.75) is 12.5 Å². The Morgan fingerprint density at radius 1 is 1.29 bits per heavy atom. The van der Waals surface area contributed by atoms with Crippen LogP contribution in [0.15, 0.2) is 47.7 Å². The van der Waals surface area contributed by atoms with Gasteiger partial charge in [-0.3, -0.25) is 14.8 Å². The predicted molar refractivity (Wildman–Crippen MR) is 104 cm³/mol. The third kappa shape index (κ3) is 4.93. The van der Waals surface area contributed by atoms with Crippen LogP contribution in [0.5, 0.6) is 0 Å². The number of aromatic nitrogens is 1. The van der Waals surface area contributed by atoms with E-state index in [-0.39, 0.29) is 24.2 Å². The summed E-state index contributed by atoms with van der Waals surface area (Å²) >= 11 is 0. The molecule has 2 heterocycles. The first-order chi connectivity index (χ1) is 13.6. The molecular weight excluding hydrogens is 366 g/mol. The first-order valence-electron chi connectivity index (χ1n) is 8.93. The molecule has 1 aromatic carbocycles. The van der Waals surface area contributed by atoms with Gasteiger partial charge in [-0.1, -0.05) is 6.07 Å². The molecule has 1 unspecified atom stereocenters. The zero-order valence-corrected chi connectivity index (χ0v) is 15.5. The molecule has 1 aliphatic heterocycles. The van der Waals surface area contributed by atoms with Crippen LogP contribution in [-0.4, -0.2) is 49.6 Å². The van der Waals surface area contributed by atoms with E-state index in [0.29, 0.717) is 31.2 Å². The van der Waals surface area contributed by atoms with Gasteiger partial charge in [0.15, 0.2) is 5.96 Å². The molecule has 2 aromatic rings. The molecule has 1 atom stereocenters. The molecule has 0 aliphatic carbocycles.